The molecular formula is C31H32F3N5O3. The zero-order chi connectivity index (χ0) is 29.9. The molecule has 3 aliphatic rings. The van der Waals surface area contributed by atoms with Gasteiger partial charge in [0.15, 0.2) is 11.6 Å². The number of fused-ring (bicyclic) bond motifs is 1. The molecule has 220 valence electrons. The highest BCUT2D eigenvalue weighted by Gasteiger charge is 2.52. The van der Waals surface area contributed by atoms with Crippen LogP contribution in [0.2, 0.25) is 0 Å². The Morgan fingerprint density at radius 1 is 1.17 bits per heavy atom. The molecule has 2 aliphatic carbocycles. The molecule has 1 aromatic carbocycles. The summed E-state index contributed by atoms with van der Waals surface area (Å²) in [5.41, 5.74) is -0.748. The average Bonchev–Trinajstić information content (AvgIpc) is 3.33. The second-order valence-corrected chi connectivity index (χ2v) is 12.0. The van der Waals surface area contributed by atoms with Crippen LogP contribution in [0.4, 0.5) is 13.2 Å². The molecule has 1 atom stereocenters. The molecule has 0 radical (unpaired) electrons. The number of hydrogen-bond donors (Lipinski definition) is 1. The maximum absolute atomic E-state index is 14.0. The number of nitriles is 1. The van der Waals surface area contributed by atoms with Gasteiger partial charge in [-0.15, -0.1) is 5.10 Å². The van der Waals surface area contributed by atoms with E-state index < -0.39 is 28.5 Å². The van der Waals surface area contributed by atoms with E-state index in [1.54, 1.807) is 10.6 Å². The smallest absolute Gasteiger partial charge is 0.416 e. The first-order valence-corrected chi connectivity index (χ1v) is 14.4. The summed E-state index contributed by atoms with van der Waals surface area (Å²) >= 11 is 0. The lowest BCUT2D eigenvalue weighted by Gasteiger charge is -2.41. The van der Waals surface area contributed by atoms with E-state index in [-0.39, 0.29) is 43.1 Å². The third-order valence-corrected chi connectivity index (χ3v) is 9.14. The van der Waals surface area contributed by atoms with Crippen LogP contribution in [0.25, 0.3) is 5.78 Å². The maximum atomic E-state index is 14.0. The second-order valence-electron chi connectivity index (χ2n) is 12.0. The molecule has 3 aromatic rings. The molecule has 2 aromatic heterocycles. The molecule has 42 heavy (non-hydrogen) atoms. The number of aliphatic hydroxyl groups excluding tert-OH is 1. The summed E-state index contributed by atoms with van der Waals surface area (Å²) in [7, 11) is 0. The van der Waals surface area contributed by atoms with Gasteiger partial charge in [0.25, 0.3) is 5.78 Å². The van der Waals surface area contributed by atoms with E-state index in [9.17, 15) is 28.3 Å². The van der Waals surface area contributed by atoms with Gasteiger partial charge in [0.2, 0.25) is 5.78 Å². The molecule has 3 heterocycles. The molecule has 8 nitrogen and oxygen atoms in total. The van der Waals surface area contributed by atoms with Crippen LogP contribution in [0.1, 0.15) is 78.8 Å². The monoisotopic (exact) mass is 579 g/mol. The van der Waals surface area contributed by atoms with Gasteiger partial charge in [-0.25, -0.2) is 9.50 Å². The Kier molecular flexibility index (Phi) is 6.88. The number of aryl methyl sites for hydroxylation is 3. The number of aromatic nitrogens is 4. The van der Waals surface area contributed by atoms with Crippen LogP contribution in [0.15, 0.2) is 35.6 Å². The van der Waals surface area contributed by atoms with E-state index in [1.807, 2.05) is 19.9 Å². The first kappa shape index (κ1) is 28.3. The van der Waals surface area contributed by atoms with Crippen molar-refractivity contribution < 1.29 is 27.8 Å². The highest BCUT2D eigenvalue weighted by Crippen LogP contribution is 2.52. The van der Waals surface area contributed by atoms with Crippen LogP contribution in [-0.2, 0) is 34.0 Å². The van der Waals surface area contributed by atoms with Gasteiger partial charge >= 0.3 is 6.18 Å². The van der Waals surface area contributed by atoms with E-state index in [4.69, 9.17) is 4.74 Å². The fourth-order valence-corrected chi connectivity index (χ4v) is 6.70. The Morgan fingerprint density at radius 3 is 2.57 bits per heavy atom. The molecule has 1 unspecified atom stereocenters. The standard InChI is InChI=1S/C31H32F3N5O3/c1-18-13-19(2)39-28(36-18)37-25(38-39)15-21-16-42-30(27(41)26(21)40,22-5-3-4-6-22)10-9-20-7-8-23(29(17-35)11-12-29)24(14-20)31(32,33)34/h7-8,13-14,22,40H,3-6,9-12,15-16H2,1-2H3. The van der Waals surface area contributed by atoms with Crippen LogP contribution in [-0.4, -0.2) is 42.7 Å². The molecule has 6 rings (SSSR count). The van der Waals surface area contributed by atoms with E-state index >= 15 is 0 Å². The number of carbonyl (C=O) groups excluding carboxylic acids is 1. The Balaban J connectivity index is 1.27. The third kappa shape index (κ3) is 4.85. The van der Waals surface area contributed by atoms with Crippen LogP contribution in [0, 0.1) is 31.1 Å². The highest BCUT2D eigenvalue weighted by atomic mass is 19.4. The molecular weight excluding hydrogens is 547 g/mol. The van der Waals surface area contributed by atoms with Gasteiger partial charge in [-0.2, -0.15) is 23.4 Å². The lowest BCUT2D eigenvalue weighted by Crippen LogP contribution is -2.52. The number of halogens is 3. The second kappa shape index (κ2) is 10.2. The molecule has 1 N–H and O–H groups in total. The normalized spacial score (nSPS) is 22.6. The quantitative estimate of drug-likeness (QED) is 0.375. The molecule has 0 bridgehead atoms. The molecule has 2 saturated carbocycles. The van der Waals surface area contributed by atoms with Crippen molar-refractivity contribution in [2.75, 3.05) is 6.61 Å². The minimum Gasteiger partial charge on any atom is -0.504 e. The van der Waals surface area contributed by atoms with Crippen LogP contribution in [0.3, 0.4) is 0 Å². The van der Waals surface area contributed by atoms with Crippen molar-refractivity contribution in [3.8, 4) is 6.07 Å². The highest BCUT2D eigenvalue weighted by molar-refractivity contribution is 6.01. The Hall–Kier alpha value is -3.78. The van der Waals surface area contributed by atoms with Crippen LogP contribution < -0.4 is 0 Å². The van der Waals surface area contributed by atoms with Crippen molar-refractivity contribution in [3.63, 3.8) is 0 Å². The predicted molar refractivity (Wildman–Crippen MR) is 146 cm³/mol. The minimum atomic E-state index is -4.60. The minimum absolute atomic E-state index is 0.00745. The van der Waals surface area contributed by atoms with Crippen molar-refractivity contribution in [2.24, 2.45) is 5.92 Å². The maximum Gasteiger partial charge on any atom is 0.416 e. The van der Waals surface area contributed by atoms with Gasteiger partial charge in [0.05, 0.1) is 23.7 Å². The van der Waals surface area contributed by atoms with E-state index in [1.165, 1.54) is 6.07 Å². The number of ketones is 1. The number of nitrogens with zero attached hydrogens (tertiary/aromatic N) is 5. The first-order chi connectivity index (χ1) is 20.0. The summed E-state index contributed by atoms with van der Waals surface area (Å²) in [5.74, 6) is -0.222. The summed E-state index contributed by atoms with van der Waals surface area (Å²) in [6.07, 6.45) is -0.0611. The van der Waals surface area contributed by atoms with E-state index in [0.29, 0.717) is 35.6 Å². The van der Waals surface area contributed by atoms with Gasteiger partial charge in [-0.1, -0.05) is 25.0 Å². The van der Waals surface area contributed by atoms with Crippen LogP contribution >= 0.6 is 0 Å². The topological polar surface area (TPSA) is 113 Å². The van der Waals surface area contributed by atoms with Gasteiger partial charge in [-0.3, -0.25) is 4.79 Å². The molecule has 1 aliphatic heterocycles. The van der Waals surface area contributed by atoms with Gasteiger partial charge in [-0.05, 0) is 81.5 Å². The Bertz CT molecular complexity index is 1640. The summed E-state index contributed by atoms with van der Waals surface area (Å²) in [5, 5.41) is 25.2. The fraction of sp³-hybridized carbons (Fsp3) is 0.516. The number of hydrogen-bond acceptors (Lipinski definition) is 7. The van der Waals surface area contributed by atoms with Crippen molar-refractivity contribution >= 4 is 11.6 Å². The number of ether oxygens (including phenoxy) is 1. The zero-order valence-electron chi connectivity index (χ0n) is 23.6. The largest absolute Gasteiger partial charge is 0.504 e. The molecule has 0 saturated heterocycles. The number of benzene rings is 1. The lowest BCUT2D eigenvalue weighted by molar-refractivity contribution is -0.156. The Morgan fingerprint density at radius 2 is 1.90 bits per heavy atom. The van der Waals surface area contributed by atoms with Crippen LogP contribution in [0.5, 0.6) is 0 Å². The summed E-state index contributed by atoms with van der Waals surface area (Å²) in [4.78, 5) is 22.7. The zero-order valence-corrected chi connectivity index (χ0v) is 23.6. The number of rotatable bonds is 7. The first-order valence-electron chi connectivity index (χ1n) is 14.4. The molecule has 0 spiro atoms. The van der Waals surface area contributed by atoms with E-state index in [2.05, 4.69) is 21.1 Å². The summed E-state index contributed by atoms with van der Waals surface area (Å²) in [6.45, 7) is 3.74. The van der Waals surface area contributed by atoms with Crippen molar-refractivity contribution in [1.29, 1.82) is 5.26 Å². The van der Waals surface area contributed by atoms with Gasteiger partial charge < -0.3 is 9.84 Å². The number of Topliss-reactive ketones (excluding diaryl/α,β-unsaturated/α-hetero) is 1. The van der Waals surface area contributed by atoms with Crippen molar-refractivity contribution in [2.45, 2.75) is 88.8 Å². The van der Waals surface area contributed by atoms with E-state index in [0.717, 1.165) is 43.1 Å². The number of carbonyl (C=O) groups is 1. The van der Waals surface area contributed by atoms with Gasteiger partial charge in [0, 0.05) is 23.4 Å². The van der Waals surface area contributed by atoms with Crippen molar-refractivity contribution in [1.82, 2.24) is 19.6 Å². The average molecular weight is 580 g/mol. The fourth-order valence-electron chi connectivity index (χ4n) is 6.70. The molecule has 2 fully saturated rings. The SMILES string of the molecule is Cc1cc(C)n2nc(CC3=C(O)C(=O)C(CCc4ccc(C5(C#N)CC5)c(C(F)(F)F)c4)(C4CCCC4)OC3)nc2n1. The predicted octanol–water partition coefficient (Wildman–Crippen LogP) is 5.83. The summed E-state index contributed by atoms with van der Waals surface area (Å²) in [6, 6.07) is 8.08. The van der Waals surface area contributed by atoms with Crippen molar-refractivity contribution in [3.05, 3.63) is 69.5 Å². The number of alkyl halides is 3. The molecule has 0 amide bonds. The third-order valence-electron chi connectivity index (χ3n) is 9.14. The Labute approximate surface area is 241 Å². The molecule has 11 heteroatoms. The van der Waals surface area contributed by atoms with Gasteiger partial charge in [0.1, 0.15) is 5.60 Å². The lowest BCUT2D eigenvalue weighted by atomic mass is 9.75. The number of aliphatic hydroxyl groups is 1. The summed E-state index contributed by atoms with van der Waals surface area (Å²) < 4.78 is 50.1.